The van der Waals surface area contributed by atoms with Gasteiger partial charge in [-0.15, -0.1) is 12.4 Å². The second-order valence-electron chi connectivity index (χ2n) is 8.18. The molecule has 0 bridgehead atoms. The number of benzene rings is 1. The van der Waals surface area contributed by atoms with E-state index < -0.39 is 18.3 Å². The van der Waals surface area contributed by atoms with Gasteiger partial charge in [-0.05, 0) is 59.7 Å². The van der Waals surface area contributed by atoms with Gasteiger partial charge in [0.05, 0.1) is 11.2 Å². The minimum Gasteiger partial charge on any atom is -0.399 e. The molecule has 0 radical (unpaired) electrons. The van der Waals surface area contributed by atoms with Crippen molar-refractivity contribution in [3.05, 3.63) is 28.8 Å². The maximum atomic E-state index is 12.8. The first kappa shape index (κ1) is 22.5. The van der Waals surface area contributed by atoms with Gasteiger partial charge in [0, 0.05) is 35.2 Å². The fourth-order valence-electron chi connectivity index (χ4n) is 3.38. The Hall–Kier alpha value is -0.785. The number of likely N-dealkylation sites (tertiary alicyclic amines) is 1. The highest BCUT2D eigenvalue weighted by atomic mass is 35.5. The second-order valence-corrected chi connectivity index (χ2v) is 8.59. The summed E-state index contributed by atoms with van der Waals surface area (Å²) in [7, 11) is 1.44. The molecule has 150 valence electrons. The van der Waals surface area contributed by atoms with Crippen LogP contribution >= 0.6 is 24.0 Å². The molecule has 1 aromatic carbocycles. The SMILES string of the molecule is CNC1CCN(C(=O)c2ccc(B3OC(C)(C)C(C)(C)O3)c(Cl)c2)CC1.Cl. The van der Waals surface area contributed by atoms with E-state index in [0.29, 0.717) is 16.6 Å². The molecule has 8 heteroatoms. The molecule has 2 aliphatic rings. The standard InChI is InChI=1S/C19H28BClN2O3.ClH/c1-18(2)19(3,4)26-20(25-18)15-7-6-13(12-16(15)21)17(24)23-10-8-14(22-5)9-11-23;/h6-7,12,14,22H,8-11H2,1-5H3;1H. The van der Waals surface area contributed by atoms with E-state index in [4.69, 9.17) is 20.9 Å². The lowest BCUT2D eigenvalue weighted by molar-refractivity contribution is 0.00578. The number of halogens is 2. The molecule has 1 aromatic rings. The fraction of sp³-hybridized carbons (Fsp3) is 0.632. The first-order chi connectivity index (χ1) is 12.1. The molecule has 0 aromatic heterocycles. The number of nitrogens with one attached hydrogen (secondary N) is 1. The first-order valence-corrected chi connectivity index (χ1v) is 9.64. The zero-order valence-electron chi connectivity index (χ0n) is 16.7. The molecule has 2 aliphatic heterocycles. The number of amides is 1. The highest BCUT2D eigenvalue weighted by Crippen LogP contribution is 2.37. The predicted octanol–water partition coefficient (Wildman–Crippen LogP) is 2.89. The molecule has 0 spiro atoms. The second kappa shape index (κ2) is 8.30. The third-order valence-corrected chi connectivity index (χ3v) is 6.27. The minimum absolute atomic E-state index is 0. The van der Waals surface area contributed by atoms with Crippen molar-refractivity contribution in [3.8, 4) is 0 Å². The zero-order chi connectivity index (χ0) is 19.1. The predicted molar refractivity (Wildman–Crippen MR) is 112 cm³/mol. The number of carbonyl (C=O) groups is 1. The van der Waals surface area contributed by atoms with Gasteiger partial charge >= 0.3 is 7.12 Å². The van der Waals surface area contributed by atoms with Crippen LogP contribution in [0.3, 0.4) is 0 Å². The van der Waals surface area contributed by atoms with E-state index in [2.05, 4.69) is 5.32 Å². The maximum Gasteiger partial charge on any atom is 0.496 e. The van der Waals surface area contributed by atoms with Gasteiger partial charge in [-0.2, -0.15) is 0 Å². The van der Waals surface area contributed by atoms with Crippen molar-refractivity contribution in [3.63, 3.8) is 0 Å². The Morgan fingerprint density at radius 2 is 1.74 bits per heavy atom. The topological polar surface area (TPSA) is 50.8 Å². The molecule has 5 nitrogen and oxygen atoms in total. The van der Waals surface area contributed by atoms with Crippen LogP contribution in [0.4, 0.5) is 0 Å². The van der Waals surface area contributed by atoms with Gasteiger partial charge in [-0.1, -0.05) is 17.7 Å². The van der Waals surface area contributed by atoms with E-state index in [1.54, 1.807) is 6.07 Å². The third kappa shape index (κ3) is 4.46. The molecule has 1 amide bonds. The van der Waals surface area contributed by atoms with E-state index in [1.807, 2.05) is 51.8 Å². The van der Waals surface area contributed by atoms with Crippen LogP contribution in [0.25, 0.3) is 0 Å². The van der Waals surface area contributed by atoms with Crippen molar-refractivity contribution in [2.75, 3.05) is 20.1 Å². The van der Waals surface area contributed by atoms with E-state index in [-0.39, 0.29) is 18.3 Å². The van der Waals surface area contributed by atoms with Crippen molar-refractivity contribution >= 4 is 42.5 Å². The summed E-state index contributed by atoms with van der Waals surface area (Å²) in [5, 5.41) is 3.78. The average molecular weight is 415 g/mol. The van der Waals surface area contributed by atoms with E-state index in [1.165, 1.54) is 0 Å². The third-order valence-electron chi connectivity index (χ3n) is 5.95. The van der Waals surface area contributed by atoms with Crippen LogP contribution in [0.2, 0.25) is 5.02 Å². The molecule has 2 saturated heterocycles. The van der Waals surface area contributed by atoms with Gasteiger partial charge in [0.1, 0.15) is 0 Å². The van der Waals surface area contributed by atoms with Crippen molar-refractivity contribution in [1.29, 1.82) is 0 Å². The Labute approximate surface area is 173 Å². The molecule has 2 heterocycles. The molecule has 2 fully saturated rings. The van der Waals surface area contributed by atoms with E-state index in [0.717, 1.165) is 31.4 Å². The molecule has 3 rings (SSSR count). The highest BCUT2D eigenvalue weighted by molar-refractivity contribution is 6.65. The van der Waals surface area contributed by atoms with Gasteiger partial charge in [0.15, 0.2) is 0 Å². The minimum atomic E-state index is -0.525. The molecular weight excluding hydrogens is 386 g/mol. The first-order valence-electron chi connectivity index (χ1n) is 9.26. The van der Waals surface area contributed by atoms with Gasteiger partial charge in [0.2, 0.25) is 0 Å². The largest absolute Gasteiger partial charge is 0.496 e. The normalized spacial score (nSPS) is 21.9. The number of nitrogens with zero attached hydrogens (tertiary/aromatic N) is 1. The lowest BCUT2D eigenvalue weighted by atomic mass is 9.78. The van der Waals surface area contributed by atoms with Crippen molar-refractivity contribution in [1.82, 2.24) is 10.2 Å². The van der Waals surface area contributed by atoms with Gasteiger partial charge in [-0.3, -0.25) is 4.79 Å². The monoisotopic (exact) mass is 414 g/mol. The highest BCUT2D eigenvalue weighted by Gasteiger charge is 2.52. The molecule has 0 unspecified atom stereocenters. The number of rotatable bonds is 3. The summed E-state index contributed by atoms with van der Waals surface area (Å²) in [6, 6.07) is 5.89. The number of hydrogen-bond donors (Lipinski definition) is 1. The molecule has 0 aliphatic carbocycles. The van der Waals surface area contributed by atoms with Crippen molar-refractivity contribution in [2.24, 2.45) is 0 Å². The lowest BCUT2D eigenvalue weighted by Gasteiger charge is -2.32. The summed E-state index contributed by atoms with van der Waals surface area (Å²) in [5.74, 6) is 0.0296. The summed E-state index contributed by atoms with van der Waals surface area (Å²) in [6.45, 7) is 9.56. The van der Waals surface area contributed by atoms with Crippen LogP contribution < -0.4 is 10.8 Å². The summed E-state index contributed by atoms with van der Waals surface area (Å²) in [5.41, 5.74) is 0.522. The van der Waals surface area contributed by atoms with Crippen LogP contribution in [0.5, 0.6) is 0 Å². The smallest absolute Gasteiger partial charge is 0.399 e. The average Bonchev–Trinajstić information content (AvgIpc) is 2.81. The zero-order valence-corrected chi connectivity index (χ0v) is 18.2. The van der Waals surface area contributed by atoms with Crippen LogP contribution in [0.1, 0.15) is 50.9 Å². The molecular formula is C19H29BCl2N2O3. The van der Waals surface area contributed by atoms with Crippen molar-refractivity contribution < 1.29 is 14.1 Å². The Morgan fingerprint density at radius 3 is 2.22 bits per heavy atom. The van der Waals surface area contributed by atoms with Crippen LogP contribution in [-0.4, -0.2) is 55.3 Å². The molecule has 1 N–H and O–H groups in total. The van der Waals surface area contributed by atoms with Gasteiger partial charge < -0.3 is 19.5 Å². The summed E-state index contributed by atoms with van der Waals surface area (Å²) in [6.07, 6.45) is 1.95. The summed E-state index contributed by atoms with van der Waals surface area (Å²) in [4.78, 5) is 14.7. The number of hydrogen-bond acceptors (Lipinski definition) is 4. The van der Waals surface area contributed by atoms with Crippen LogP contribution in [0, 0.1) is 0 Å². The Kier molecular flexibility index (Phi) is 6.91. The molecule has 27 heavy (non-hydrogen) atoms. The maximum absolute atomic E-state index is 12.8. The van der Waals surface area contributed by atoms with Crippen molar-refractivity contribution in [2.45, 2.75) is 57.8 Å². The summed E-state index contributed by atoms with van der Waals surface area (Å²) < 4.78 is 12.1. The number of carbonyl (C=O) groups excluding carboxylic acids is 1. The van der Waals surface area contributed by atoms with Crippen LogP contribution in [0.15, 0.2) is 18.2 Å². The Morgan fingerprint density at radius 1 is 1.19 bits per heavy atom. The molecule has 0 atom stereocenters. The number of piperidine rings is 1. The molecule has 0 saturated carbocycles. The van der Waals surface area contributed by atoms with Gasteiger partial charge in [0.25, 0.3) is 5.91 Å². The van der Waals surface area contributed by atoms with E-state index in [9.17, 15) is 4.79 Å². The quantitative estimate of drug-likeness (QED) is 0.772. The summed E-state index contributed by atoms with van der Waals surface area (Å²) >= 11 is 6.48. The van der Waals surface area contributed by atoms with Crippen LogP contribution in [-0.2, 0) is 9.31 Å². The fourth-order valence-corrected chi connectivity index (χ4v) is 3.64. The van der Waals surface area contributed by atoms with Gasteiger partial charge in [-0.25, -0.2) is 0 Å². The Bertz CT molecular complexity index is 676. The van der Waals surface area contributed by atoms with E-state index >= 15 is 0 Å². The lowest BCUT2D eigenvalue weighted by Crippen LogP contribution is -2.44. The Balaban J connectivity index is 0.00000261.